The predicted molar refractivity (Wildman–Crippen MR) is 110 cm³/mol. The molecule has 7 heteroatoms. The zero-order valence-electron chi connectivity index (χ0n) is 15.4. The lowest BCUT2D eigenvalue weighted by Crippen LogP contribution is -2.14. The molecule has 27 heavy (non-hydrogen) atoms. The molecule has 4 N–H and O–H groups in total. The van der Waals surface area contributed by atoms with Crippen LogP contribution in [0.5, 0.6) is 0 Å². The number of amides is 1. The van der Waals surface area contributed by atoms with Crippen molar-refractivity contribution in [1.29, 1.82) is 0 Å². The molecule has 0 spiro atoms. The minimum atomic E-state index is -0.00295. The lowest BCUT2D eigenvalue weighted by molar-refractivity contribution is -0.116. The molecule has 1 aromatic heterocycles. The number of hydrogen-bond donors (Lipinski definition) is 3. The van der Waals surface area contributed by atoms with Gasteiger partial charge in [-0.2, -0.15) is 5.10 Å². The van der Waals surface area contributed by atoms with E-state index in [1.54, 1.807) is 0 Å². The summed E-state index contributed by atoms with van der Waals surface area (Å²) in [5.41, 5.74) is 9.57. The Bertz CT molecular complexity index is 891. The lowest BCUT2D eigenvalue weighted by Gasteiger charge is -2.14. The summed E-state index contributed by atoms with van der Waals surface area (Å²) in [5.74, 6) is 1.40. The van der Waals surface area contributed by atoms with E-state index in [2.05, 4.69) is 46.5 Å². The summed E-state index contributed by atoms with van der Waals surface area (Å²) in [7, 11) is 0. The van der Waals surface area contributed by atoms with E-state index in [1.807, 2.05) is 36.4 Å². The highest BCUT2D eigenvalue weighted by molar-refractivity contribution is 5.91. The van der Waals surface area contributed by atoms with Gasteiger partial charge in [0.2, 0.25) is 5.91 Å². The zero-order valence-corrected chi connectivity index (χ0v) is 16.2. The van der Waals surface area contributed by atoms with Crippen LogP contribution in [0.2, 0.25) is 0 Å². The van der Waals surface area contributed by atoms with E-state index >= 15 is 0 Å². The Morgan fingerprint density at radius 3 is 2.52 bits per heavy atom. The van der Waals surface area contributed by atoms with Crippen molar-refractivity contribution in [2.24, 2.45) is 5.73 Å². The van der Waals surface area contributed by atoms with Crippen LogP contribution in [0.25, 0.3) is 11.4 Å². The highest BCUT2D eigenvalue weighted by atomic mass is 35.5. The van der Waals surface area contributed by atoms with Gasteiger partial charge in [0.05, 0.1) is 6.54 Å². The van der Waals surface area contributed by atoms with E-state index in [9.17, 15) is 4.79 Å². The number of rotatable bonds is 6. The van der Waals surface area contributed by atoms with Crippen molar-refractivity contribution in [2.75, 3.05) is 5.32 Å². The normalized spacial score (nSPS) is 11.5. The van der Waals surface area contributed by atoms with Crippen LogP contribution in [0.3, 0.4) is 0 Å². The number of aryl methyl sites for hydroxylation is 1. The van der Waals surface area contributed by atoms with Gasteiger partial charge in [-0.25, -0.2) is 4.98 Å². The first kappa shape index (κ1) is 20.6. The first-order valence-corrected chi connectivity index (χ1v) is 8.64. The third-order valence-electron chi connectivity index (χ3n) is 4.36. The second-order valence-electron chi connectivity index (χ2n) is 6.40. The summed E-state index contributed by atoms with van der Waals surface area (Å²) in [6.45, 7) is 4.46. The first-order chi connectivity index (χ1) is 12.6. The third kappa shape index (κ3) is 5.15. The smallest absolute Gasteiger partial charge is 0.224 e. The van der Waals surface area contributed by atoms with Gasteiger partial charge in [-0.3, -0.25) is 9.89 Å². The number of nitrogens with two attached hydrogens (primary N) is 1. The number of carbonyl (C=O) groups is 1. The Morgan fingerprint density at radius 2 is 1.89 bits per heavy atom. The van der Waals surface area contributed by atoms with Crippen molar-refractivity contribution in [3.05, 3.63) is 65.5 Å². The van der Waals surface area contributed by atoms with Gasteiger partial charge in [0.1, 0.15) is 5.82 Å². The van der Waals surface area contributed by atoms with Crippen molar-refractivity contribution in [3.8, 4) is 11.4 Å². The minimum absolute atomic E-state index is 0. The van der Waals surface area contributed by atoms with E-state index in [0.29, 0.717) is 24.6 Å². The number of nitrogens with one attached hydrogen (secondary N) is 2. The molecular weight excluding hydrogens is 362 g/mol. The van der Waals surface area contributed by atoms with Crippen LogP contribution in [0.1, 0.15) is 36.2 Å². The van der Waals surface area contributed by atoms with Crippen molar-refractivity contribution in [2.45, 2.75) is 32.7 Å². The topological polar surface area (TPSA) is 96.7 Å². The second kappa shape index (κ2) is 9.30. The van der Waals surface area contributed by atoms with Gasteiger partial charge in [-0.15, -0.1) is 12.4 Å². The molecule has 0 saturated carbocycles. The van der Waals surface area contributed by atoms with Gasteiger partial charge >= 0.3 is 0 Å². The van der Waals surface area contributed by atoms with Gasteiger partial charge in [0.25, 0.3) is 0 Å². The van der Waals surface area contributed by atoms with Crippen LogP contribution in [0.15, 0.2) is 48.5 Å². The van der Waals surface area contributed by atoms with Gasteiger partial charge < -0.3 is 11.1 Å². The number of anilines is 1. The van der Waals surface area contributed by atoms with Crippen LogP contribution in [0.4, 0.5) is 5.69 Å². The Labute approximate surface area is 165 Å². The minimum Gasteiger partial charge on any atom is -0.326 e. The lowest BCUT2D eigenvalue weighted by atomic mass is 9.93. The van der Waals surface area contributed by atoms with Crippen LogP contribution >= 0.6 is 12.4 Å². The molecule has 0 saturated heterocycles. The Hall–Kier alpha value is -2.70. The van der Waals surface area contributed by atoms with Crippen LogP contribution in [0, 0.1) is 6.92 Å². The Morgan fingerprint density at radius 1 is 1.19 bits per heavy atom. The van der Waals surface area contributed by atoms with Crippen molar-refractivity contribution >= 4 is 24.0 Å². The molecule has 0 fully saturated rings. The summed E-state index contributed by atoms with van der Waals surface area (Å²) >= 11 is 0. The van der Waals surface area contributed by atoms with E-state index in [-0.39, 0.29) is 24.2 Å². The maximum Gasteiger partial charge on any atom is 0.224 e. The number of halogens is 1. The van der Waals surface area contributed by atoms with Gasteiger partial charge in [0, 0.05) is 17.7 Å². The van der Waals surface area contributed by atoms with Crippen molar-refractivity contribution in [1.82, 2.24) is 15.2 Å². The number of carbonyl (C=O) groups excluding carboxylic acids is 1. The standard InChI is InChI=1S/C20H23N5O.ClH/c1-13-5-3-4-6-17(13)14(2)11-19(26)22-16-9-7-15(8-10-16)20-23-18(12-21)24-25-20;/h3-10,14H,11-12,21H2,1-2H3,(H,22,26)(H,23,24,25);1H. The molecule has 0 aliphatic carbocycles. The SMILES string of the molecule is Cc1ccccc1C(C)CC(=O)Nc1ccc(-c2n[nH]c(CN)n2)cc1.Cl. The molecule has 0 bridgehead atoms. The molecule has 3 aromatic rings. The Balaban J connectivity index is 0.00000261. The number of hydrogen-bond acceptors (Lipinski definition) is 4. The van der Waals surface area contributed by atoms with Crippen molar-refractivity contribution < 1.29 is 4.79 Å². The quantitative estimate of drug-likeness (QED) is 0.601. The third-order valence-corrected chi connectivity index (χ3v) is 4.36. The molecule has 142 valence electrons. The summed E-state index contributed by atoms with van der Waals surface area (Å²) in [6, 6.07) is 15.6. The highest BCUT2D eigenvalue weighted by Gasteiger charge is 2.13. The summed E-state index contributed by atoms with van der Waals surface area (Å²) in [5, 5.41) is 9.86. The van der Waals surface area contributed by atoms with Gasteiger partial charge in [-0.05, 0) is 48.2 Å². The average molecular weight is 386 g/mol. The van der Waals surface area contributed by atoms with E-state index in [0.717, 1.165) is 11.3 Å². The van der Waals surface area contributed by atoms with Crippen LogP contribution in [-0.2, 0) is 11.3 Å². The van der Waals surface area contributed by atoms with Crippen LogP contribution < -0.4 is 11.1 Å². The van der Waals surface area contributed by atoms with Crippen molar-refractivity contribution in [3.63, 3.8) is 0 Å². The molecule has 1 heterocycles. The van der Waals surface area contributed by atoms with E-state index < -0.39 is 0 Å². The van der Waals surface area contributed by atoms with Crippen LogP contribution in [-0.4, -0.2) is 21.1 Å². The number of nitrogens with zero attached hydrogens (tertiary/aromatic N) is 2. The van der Waals surface area contributed by atoms with E-state index in [1.165, 1.54) is 11.1 Å². The number of aromatic nitrogens is 3. The zero-order chi connectivity index (χ0) is 18.5. The maximum atomic E-state index is 12.3. The number of aromatic amines is 1. The fourth-order valence-corrected chi connectivity index (χ4v) is 2.96. The molecule has 1 amide bonds. The molecule has 0 aliphatic heterocycles. The highest BCUT2D eigenvalue weighted by Crippen LogP contribution is 2.23. The predicted octanol–water partition coefficient (Wildman–Crippen LogP) is 3.79. The monoisotopic (exact) mass is 385 g/mol. The summed E-state index contributed by atoms with van der Waals surface area (Å²) < 4.78 is 0. The number of benzene rings is 2. The van der Waals surface area contributed by atoms with E-state index in [4.69, 9.17) is 5.73 Å². The molecule has 2 aromatic carbocycles. The number of H-pyrrole nitrogens is 1. The fourth-order valence-electron chi connectivity index (χ4n) is 2.96. The Kier molecular flexibility index (Phi) is 7.10. The summed E-state index contributed by atoms with van der Waals surface area (Å²) in [6.07, 6.45) is 0.438. The van der Waals surface area contributed by atoms with Gasteiger partial charge in [0.15, 0.2) is 5.82 Å². The maximum absolute atomic E-state index is 12.3. The second-order valence-corrected chi connectivity index (χ2v) is 6.40. The first-order valence-electron chi connectivity index (χ1n) is 8.64. The fraction of sp³-hybridized carbons (Fsp3) is 0.250. The molecular formula is C20H24ClN5O. The van der Waals surface area contributed by atoms with Gasteiger partial charge in [-0.1, -0.05) is 31.2 Å². The molecule has 6 nitrogen and oxygen atoms in total. The molecule has 0 radical (unpaired) electrons. The molecule has 0 aliphatic rings. The molecule has 3 rings (SSSR count). The molecule has 1 unspecified atom stereocenters. The summed E-state index contributed by atoms with van der Waals surface area (Å²) in [4.78, 5) is 16.6. The average Bonchev–Trinajstić information content (AvgIpc) is 3.11. The largest absolute Gasteiger partial charge is 0.326 e. The molecule has 1 atom stereocenters.